The number of nitrogens with one attached hydrogen (secondary N) is 2. The first kappa shape index (κ1) is 12.5. The van der Waals surface area contributed by atoms with Gasteiger partial charge in [-0.25, -0.2) is 4.98 Å². The maximum absolute atomic E-state index is 12.0. The molecular weight excluding hydrogens is 282 g/mol. The molecule has 1 aromatic rings. The van der Waals surface area contributed by atoms with E-state index in [0.29, 0.717) is 5.92 Å². The number of amides is 1. The molecule has 1 amide bonds. The van der Waals surface area contributed by atoms with Crippen LogP contribution >= 0.6 is 15.9 Å². The van der Waals surface area contributed by atoms with Gasteiger partial charge >= 0.3 is 0 Å². The number of hydrogen-bond donors (Lipinski definition) is 2. The van der Waals surface area contributed by atoms with E-state index in [2.05, 4.69) is 38.5 Å². The Labute approximate surface area is 109 Å². The maximum atomic E-state index is 12.0. The van der Waals surface area contributed by atoms with E-state index in [1.807, 2.05) is 13.0 Å². The lowest BCUT2D eigenvalue weighted by atomic mass is 9.97. The summed E-state index contributed by atoms with van der Waals surface area (Å²) in [6.07, 6.45) is 1.67. The number of pyridine rings is 1. The first-order valence-electron chi connectivity index (χ1n) is 5.71. The second-order valence-corrected chi connectivity index (χ2v) is 5.31. The topological polar surface area (TPSA) is 54.0 Å². The van der Waals surface area contributed by atoms with E-state index in [0.717, 1.165) is 28.9 Å². The van der Waals surface area contributed by atoms with Crippen LogP contribution in [0.1, 0.15) is 12.5 Å². The molecule has 0 bridgehead atoms. The Morgan fingerprint density at radius 1 is 1.59 bits per heavy atom. The Hall–Kier alpha value is -0.940. The third-order valence-corrected chi connectivity index (χ3v) is 3.97. The van der Waals surface area contributed by atoms with Gasteiger partial charge in [0.1, 0.15) is 4.60 Å². The van der Waals surface area contributed by atoms with Crippen molar-refractivity contribution in [1.82, 2.24) is 10.3 Å². The van der Waals surface area contributed by atoms with Gasteiger partial charge in [-0.2, -0.15) is 0 Å². The monoisotopic (exact) mass is 297 g/mol. The van der Waals surface area contributed by atoms with Gasteiger partial charge in [0, 0.05) is 6.54 Å². The predicted octanol–water partition coefficient (Wildman–Crippen LogP) is 1.95. The molecule has 5 heteroatoms. The molecule has 0 saturated carbocycles. The van der Waals surface area contributed by atoms with Crippen molar-refractivity contribution in [3.05, 3.63) is 22.4 Å². The van der Waals surface area contributed by atoms with Gasteiger partial charge in [-0.15, -0.1) is 0 Å². The summed E-state index contributed by atoms with van der Waals surface area (Å²) in [5, 5.41) is 6.15. The Balaban J connectivity index is 2.05. The van der Waals surface area contributed by atoms with Crippen LogP contribution in [0.15, 0.2) is 16.9 Å². The summed E-state index contributed by atoms with van der Waals surface area (Å²) in [7, 11) is 0. The van der Waals surface area contributed by atoms with Gasteiger partial charge in [0.15, 0.2) is 0 Å². The number of hydrogen-bond acceptors (Lipinski definition) is 3. The molecule has 1 aromatic heterocycles. The van der Waals surface area contributed by atoms with Crippen molar-refractivity contribution in [2.24, 2.45) is 11.8 Å². The minimum atomic E-state index is 0.0546. The average Bonchev–Trinajstić information content (AvgIpc) is 2.70. The first-order valence-corrected chi connectivity index (χ1v) is 6.51. The molecule has 0 aliphatic carbocycles. The van der Waals surface area contributed by atoms with Crippen LogP contribution in [0.2, 0.25) is 0 Å². The number of nitrogens with zero attached hydrogens (tertiary/aromatic N) is 1. The molecule has 92 valence electrons. The SMILES string of the molecule is Cc1cc(NC(=O)C2CNCC2C)cnc1Br. The number of anilines is 1. The average molecular weight is 298 g/mol. The van der Waals surface area contributed by atoms with Gasteiger partial charge in [-0.3, -0.25) is 4.79 Å². The van der Waals surface area contributed by atoms with Crippen LogP contribution in [0, 0.1) is 18.8 Å². The van der Waals surface area contributed by atoms with E-state index in [4.69, 9.17) is 0 Å². The maximum Gasteiger partial charge on any atom is 0.229 e. The highest BCUT2D eigenvalue weighted by atomic mass is 79.9. The number of aromatic nitrogens is 1. The Morgan fingerprint density at radius 3 is 2.94 bits per heavy atom. The van der Waals surface area contributed by atoms with Crippen molar-refractivity contribution >= 4 is 27.5 Å². The molecular formula is C12H16BrN3O. The van der Waals surface area contributed by atoms with Crippen LogP contribution in [0.4, 0.5) is 5.69 Å². The standard InChI is InChI=1S/C12H16BrN3O/c1-7-3-9(5-15-11(7)13)16-12(17)10-6-14-4-8(10)2/h3,5,8,10,14H,4,6H2,1-2H3,(H,16,17). The molecule has 4 nitrogen and oxygen atoms in total. The molecule has 17 heavy (non-hydrogen) atoms. The van der Waals surface area contributed by atoms with Crippen LogP contribution in [0.25, 0.3) is 0 Å². The van der Waals surface area contributed by atoms with Gasteiger partial charge < -0.3 is 10.6 Å². The molecule has 1 fully saturated rings. The summed E-state index contributed by atoms with van der Waals surface area (Å²) in [6, 6.07) is 1.92. The molecule has 2 N–H and O–H groups in total. The van der Waals surface area contributed by atoms with Crippen molar-refractivity contribution < 1.29 is 4.79 Å². The summed E-state index contributed by atoms with van der Waals surface area (Å²) >= 11 is 3.34. The number of rotatable bonds is 2. The Bertz CT molecular complexity index is 436. The highest BCUT2D eigenvalue weighted by Gasteiger charge is 2.29. The van der Waals surface area contributed by atoms with E-state index in [1.54, 1.807) is 6.20 Å². The number of carbonyl (C=O) groups is 1. The molecule has 1 saturated heterocycles. The first-order chi connectivity index (χ1) is 8.08. The van der Waals surface area contributed by atoms with Crippen molar-refractivity contribution in [2.75, 3.05) is 18.4 Å². The summed E-state index contributed by atoms with van der Waals surface area (Å²) in [6.45, 7) is 5.72. The summed E-state index contributed by atoms with van der Waals surface area (Å²) < 4.78 is 0.811. The van der Waals surface area contributed by atoms with Crippen LogP contribution < -0.4 is 10.6 Å². The zero-order valence-corrected chi connectivity index (χ0v) is 11.5. The molecule has 0 aromatic carbocycles. The lowest BCUT2D eigenvalue weighted by Gasteiger charge is -2.14. The van der Waals surface area contributed by atoms with Crippen molar-refractivity contribution in [3.8, 4) is 0 Å². The minimum absolute atomic E-state index is 0.0546. The lowest BCUT2D eigenvalue weighted by Crippen LogP contribution is -2.27. The smallest absolute Gasteiger partial charge is 0.229 e. The zero-order chi connectivity index (χ0) is 12.4. The van der Waals surface area contributed by atoms with E-state index >= 15 is 0 Å². The van der Waals surface area contributed by atoms with E-state index in [9.17, 15) is 4.79 Å². The van der Waals surface area contributed by atoms with E-state index in [1.165, 1.54) is 0 Å². The van der Waals surface area contributed by atoms with Crippen LogP contribution in [0.5, 0.6) is 0 Å². The molecule has 0 spiro atoms. The van der Waals surface area contributed by atoms with Crippen molar-refractivity contribution in [1.29, 1.82) is 0 Å². The normalized spacial score (nSPS) is 23.7. The Morgan fingerprint density at radius 2 is 2.35 bits per heavy atom. The third kappa shape index (κ3) is 2.84. The second kappa shape index (κ2) is 5.14. The third-order valence-electron chi connectivity index (χ3n) is 3.14. The predicted molar refractivity (Wildman–Crippen MR) is 70.8 cm³/mol. The zero-order valence-electron chi connectivity index (χ0n) is 9.96. The van der Waals surface area contributed by atoms with E-state index < -0.39 is 0 Å². The van der Waals surface area contributed by atoms with Crippen molar-refractivity contribution in [2.45, 2.75) is 13.8 Å². The number of carbonyl (C=O) groups excluding carboxylic acids is 1. The number of halogens is 1. The summed E-state index contributed by atoms with van der Waals surface area (Å²) in [5.74, 6) is 0.518. The molecule has 2 heterocycles. The molecule has 1 aliphatic heterocycles. The van der Waals surface area contributed by atoms with Gasteiger partial charge in [-0.05, 0) is 46.9 Å². The summed E-state index contributed by atoms with van der Waals surface area (Å²) in [4.78, 5) is 16.2. The highest BCUT2D eigenvalue weighted by molar-refractivity contribution is 9.10. The molecule has 1 aliphatic rings. The molecule has 2 rings (SSSR count). The Kier molecular flexibility index (Phi) is 3.79. The fourth-order valence-electron chi connectivity index (χ4n) is 2.02. The van der Waals surface area contributed by atoms with Crippen LogP contribution in [-0.2, 0) is 4.79 Å². The van der Waals surface area contributed by atoms with Crippen LogP contribution in [0.3, 0.4) is 0 Å². The fraction of sp³-hybridized carbons (Fsp3) is 0.500. The molecule has 2 unspecified atom stereocenters. The quantitative estimate of drug-likeness (QED) is 0.821. The molecule has 0 radical (unpaired) electrons. The summed E-state index contributed by atoms with van der Waals surface area (Å²) in [5.41, 5.74) is 1.77. The van der Waals surface area contributed by atoms with Gasteiger partial charge in [0.2, 0.25) is 5.91 Å². The molecule has 2 atom stereocenters. The van der Waals surface area contributed by atoms with Gasteiger partial charge in [0.25, 0.3) is 0 Å². The fourth-order valence-corrected chi connectivity index (χ4v) is 2.24. The van der Waals surface area contributed by atoms with Crippen molar-refractivity contribution in [3.63, 3.8) is 0 Å². The van der Waals surface area contributed by atoms with E-state index in [-0.39, 0.29) is 11.8 Å². The van der Waals surface area contributed by atoms with Crippen LogP contribution in [-0.4, -0.2) is 24.0 Å². The number of aryl methyl sites for hydroxylation is 1. The minimum Gasteiger partial charge on any atom is -0.324 e. The van der Waals surface area contributed by atoms with Gasteiger partial charge in [0.05, 0.1) is 17.8 Å². The highest BCUT2D eigenvalue weighted by Crippen LogP contribution is 2.20. The van der Waals surface area contributed by atoms with Gasteiger partial charge in [-0.1, -0.05) is 6.92 Å². The lowest BCUT2D eigenvalue weighted by molar-refractivity contribution is -0.120. The second-order valence-electron chi connectivity index (χ2n) is 4.56. The largest absolute Gasteiger partial charge is 0.324 e.